The van der Waals surface area contributed by atoms with E-state index in [9.17, 15) is 9.59 Å². The second-order valence-electron chi connectivity index (χ2n) is 5.85. The summed E-state index contributed by atoms with van der Waals surface area (Å²) in [4.78, 5) is 23.4. The average molecular weight is 369 g/mol. The Kier molecular flexibility index (Phi) is 7.00. The maximum Gasteiger partial charge on any atom is 0.330 e. The third-order valence-electron chi connectivity index (χ3n) is 4.04. The van der Waals surface area contributed by atoms with E-state index in [0.717, 1.165) is 22.4 Å². The number of ether oxygens (including phenoxy) is 3. The third-order valence-corrected chi connectivity index (χ3v) is 4.04. The number of aryl methyl sites for hydroxylation is 1. The lowest BCUT2D eigenvalue weighted by molar-refractivity contribution is -0.134. The largest absolute Gasteiger partial charge is 0.493 e. The minimum absolute atomic E-state index is 0.152. The number of rotatable bonds is 7. The molecule has 0 aliphatic rings. The fourth-order valence-electron chi connectivity index (χ4n) is 2.36. The summed E-state index contributed by atoms with van der Waals surface area (Å²) >= 11 is 0. The molecule has 2 aromatic carbocycles. The highest BCUT2D eigenvalue weighted by Gasteiger charge is 2.10. The Morgan fingerprint density at radius 3 is 2.56 bits per heavy atom. The SMILES string of the molecule is COC(=O)/C=C/c1ccc(OCC(=O)Nc2cccc(C)c2C)c(OC)c1. The Morgan fingerprint density at radius 1 is 1.07 bits per heavy atom. The van der Waals surface area contributed by atoms with Gasteiger partial charge in [0.15, 0.2) is 18.1 Å². The predicted octanol–water partition coefficient (Wildman–Crippen LogP) is 3.52. The van der Waals surface area contributed by atoms with Crippen LogP contribution in [0.15, 0.2) is 42.5 Å². The zero-order valence-electron chi connectivity index (χ0n) is 15.9. The van der Waals surface area contributed by atoms with E-state index in [1.807, 2.05) is 32.0 Å². The first kappa shape index (κ1) is 20.0. The molecular weight excluding hydrogens is 346 g/mol. The number of methoxy groups -OCH3 is 2. The van der Waals surface area contributed by atoms with Crippen LogP contribution < -0.4 is 14.8 Å². The molecule has 0 fully saturated rings. The molecule has 0 atom stereocenters. The number of hydrogen-bond donors (Lipinski definition) is 1. The van der Waals surface area contributed by atoms with Crippen LogP contribution in [0.1, 0.15) is 16.7 Å². The molecule has 0 aliphatic carbocycles. The lowest BCUT2D eigenvalue weighted by Gasteiger charge is -2.13. The highest BCUT2D eigenvalue weighted by atomic mass is 16.5. The summed E-state index contributed by atoms with van der Waals surface area (Å²) in [6.45, 7) is 3.79. The minimum Gasteiger partial charge on any atom is -0.493 e. The molecule has 0 unspecified atom stereocenters. The summed E-state index contributed by atoms with van der Waals surface area (Å²) in [5.41, 5.74) is 3.62. The summed E-state index contributed by atoms with van der Waals surface area (Å²) in [6, 6.07) is 10.9. The van der Waals surface area contributed by atoms with E-state index >= 15 is 0 Å². The fraction of sp³-hybridized carbons (Fsp3) is 0.238. The number of nitrogens with one attached hydrogen (secondary N) is 1. The molecule has 6 nitrogen and oxygen atoms in total. The summed E-state index contributed by atoms with van der Waals surface area (Å²) in [7, 11) is 2.82. The van der Waals surface area contributed by atoms with Crippen LogP contribution in [0.25, 0.3) is 6.08 Å². The summed E-state index contributed by atoms with van der Waals surface area (Å²) in [5.74, 6) is 0.184. The fourth-order valence-corrected chi connectivity index (χ4v) is 2.36. The molecule has 0 aliphatic heterocycles. The van der Waals surface area contributed by atoms with Crippen molar-refractivity contribution in [2.75, 3.05) is 26.1 Å². The molecule has 2 rings (SSSR count). The van der Waals surface area contributed by atoms with Gasteiger partial charge in [0, 0.05) is 11.8 Å². The molecular formula is C21H23NO5. The Bertz CT molecular complexity index is 858. The van der Waals surface area contributed by atoms with E-state index in [4.69, 9.17) is 9.47 Å². The lowest BCUT2D eigenvalue weighted by Crippen LogP contribution is -2.21. The van der Waals surface area contributed by atoms with Gasteiger partial charge < -0.3 is 19.5 Å². The van der Waals surface area contributed by atoms with Crippen molar-refractivity contribution >= 4 is 23.6 Å². The molecule has 0 bridgehead atoms. The van der Waals surface area contributed by atoms with Crippen molar-refractivity contribution in [3.63, 3.8) is 0 Å². The van der Waals surface area contributed by atoms with E-state index < -0.39 is 5.97 Å². The second-order valence-corrected chi connectivity index (χ2v) is 5.85. The second kappa shape index (κ2) is 9.43. The van der Waals surface area contributed by atoms with Gasteiger partial charge in [0.2, 0.25) is 0 Å². The molecule has 2 aromatic rings. The van der Waals surface area contributed by atoms with Crippen molar-refractivity contribution < 1.29 is 23.8 Å². The number of amides is 1. The van der Waals surface area contributed by atoms with Gasteiger partial charge in [-0.2, -0.15) is 0 Å². The van der Waals surface area contributed by atoms with Gasteiger partial charge in [-0.15, -0.1) is 0 Å². The number of carbonyl (C=O) groups is 2. The van der Waals surface area contributed by atoms with Gasteiger partial charge >= 0.3 is 5.97 Å². The number of esters is 1. The number of benzene rings is 2. The van der Waals surface area contributed by atoms with Gasteiger partial charge in [0.25, 0.3) is 5.91 Å². The Morgan fingerprint density at radius 2 is 1.85 bits per heavy atom. The zero-order valence-corrected chi connectivity index (χ0v) is 15.9. The molecule has 6 heteroatoms. The van der Waals surface area contributed by atoms with Crippen LogP contribution in [0.2, 0.25) is 0 Å². The smallest absolute Gasteiger partial charge is 0.330 e. The van der Waals surface area contributed by atoms with Crippen LogP contribution in [-0.2, 0) is 14.3 Å². The quantitative estimate of drug-likeness (QED) is 0.597. The van der Waals surface area contributed by atoms with Crippen molar-refractivity contribution in [1.29, 1.82) is 0 Å². The molecule has 0 heterocycles. The van der Waals surface area contributed by atoms with Crippen LogP contribution in [0.3, 0.4) is 0 Å². The minimum atomic E-state index is -0.447. The molecule has 0 radical (unpaired) electrons. The molecule has 0 saturated carbocycles. The van der Waals surface area contributed by atoms with Crippen molar-refractivity contribution in [3.05, 3.63) is 59.2 Å². The van der Waals surface area contributed by atoms with Crippen molar-refractivity contribution in [3.8, 4) is 11.5 Å². The van der Waals surface area contributed by atoms with Crippen LogP contribution in [0, 0.1) is 13.8 Å². The molecule has 0 aromatic heterocycles. The first-order valence-corrected chi connectivity index (χ1v) is 8.37. The molecule has 27 heavy (non-hydrogen) atoms. The lowest BCUT2D eigenvalue weighted by atomic mass is 10.1. The normalized spacial score (nSPS) is 10.5. The first-order valence-electron chi connectivity index (χ1n) is 8.37. The summed E-state index contributed by atoms with van der Waals surface area (Å²) < 4.78 is 15.4. The van der Waals surface area contributed by atoms with E-state index in [-0.39, 0.29) is 12.5 Å². The van der Waals surface area contributed by atoms with Crippen LogP contribution in [0.4, 0.5) is 5.69 Å². The van der Waals surface area contributed by atoms with Gasteiger partial charge in [-0.25, -0.2) is 4.79 Å². The van der Waals surface area contributed by atoms with E-state index in [0.29, 0.717) is 11.5 Å². The highest BCUT2D eigenvalue weighted by molar-refractivity contribution is 5.92. The number of carbonyl (C=O) groups excluding carboxylic acids is 2. The molecule has 0 spiro atoms. The first-order chi connectivity index (χ1) is 12.9. The van der Waals surface area contributed by atoms with Crippen LogP contribution >= 0.6 is 0 Å². The van der Waals surface area contributed by atoms with Gasteiger partial charge in [-0.05, 0) is 54.8 Å². The van der Waals surface area contributed by atoms with Crippen LogP contribution in [0.5, 0.6) is 11.5 Å². The van der Waals surface area contributed by atoms with E-state index in [1.54, 1.807) is 24.3 Å². The highest BCUT2D eigenvalue weighted by Crippen LogP contribution is 2.28. The van der Waals surface area contributed by atoms with Gasteiger partial charge in [-0.3, -0.25) is 4.79 Å². The molecule has 0 saturated heterocycles. The molecule has 1 N–H and O–H groups in total. The van der Waals surface area contributed by atoms with Gasteiger partial charge in [0.1, 0.15) is 0 Å². The summed E-state index contributed by atoms with van der Waals surface area (Å²) in [5, 5.41) is 2.84. The van der Waals surface area contributed by atoms with E-state index in [2.05, 4.69) is 10.1 Å². The van der Waals surface area contributed by atoms with Crippen molar-refractivity contribution in [1.82, 2.24) is 0 Å². The zero-order chi connectivity index (χ0) is 19.8. The van der Waals surface area contributed by atoms with Crippen LogP contribution in [-0.4, -0.2) is 32.7 Å². The predicted molar refractivity (Wildman–Crippen MR) is 104 cm³/mol. The number of anilines is 1. The topological polar surface area (TPSA) is 73.9 Å². The third kappa shape index (κ3) is 5.60. The maximum atomic E-state index is 12.2. The molecule has 142 valence electrons. The Hall–Kier alpha value is -3.28. The van der Waals surface area contributed by atoms with Crippen molar-refractivity contribution in [2.24, 2.45) is 0 Å². The Labute approximate surface area is 158 Å². The maximum absolute atomic E-state index is 12.2. The van der Waals surface area contributed by atoms with E-state index in [1.165, 1.54) is 20.3 Å². The average Bonchev–Trinajstić information content (AvgIpc) is 2.68. The summed E-state index contributed by atoms with van der Waals surface area (Å²) in [6.07, 6.45) is 2.91. The monoisotopic (exact) mass is 369 g/mol. The van der Waals surface area contributed by atoms with Crippen molar-refractivity contribution in [2.45, 2.75) is 13.8 Å². The standard InChI is InChI=1S/C21H23NO5/c1-14-6-5-7-17(15(14)2)22-20(23)13-27-18-10-8-16(12-19(18)25-3)9-11-21(24)26-4/h5-12H,13H2,1-4H3,(H,22,23)/b11-9+. The Balaban J connectivity index is 2.02. The molecule has 1 amide bonds. The van der Waals surface area contributed by atoms with Gasteiger partial charge in [-0.1, -0.05) is 18.2 Å². The van der Waals surface area contributed by atoms with Gasteiger partial charge in [0.05, 0.1) is 14.2 Å². The number of hydrogen-bond acceptors (Lipinski definition) is 5.